The molecule has 0 aliphatic rings. The molecule has 0 aromatic carbocycles. The van der Waals surface area contributed by atoms with Crippen LogP contribution in [0, 0.1) is 0 Å². The van der Waals surface area contributed by atoms with Crippen LogP contribution >= 0.6 is 0 Å². The zero-order valence-corrected chi connectivity index (χ0v) is 8.15. The number of nitrogens with zero attached hydrogens (tertiary/aromatic N) is 1. The molecule has 0 aliphatic heterocycles. The standard InChI is InChI=1S/C8H18N2O4/c11-6-4-10(5-7-12)3-1-2-9-8(13)14/h9,11-12H,1-7H2,(H,13,14). The van der Waals surface area contributed by atoms with E-state index in [4.69, 9.17) is 15.3 Å². The van der Waals surface area contributed by atoms with E-state index in [0.717, 1.165) is 0 Å². The highest BCUT2D eigenvalue weighted by Crippen LogP contribution is 1.89. The summed E-state index contributed by atoms with van der Waals surface area (Å²) < 4.78 is 0. The Hall–Kier alpha value is -0.850. The van der Waals surface area contributed by atoms with E-state index in [1.165, 1.54) is 0 Å². The Morgan fingerprint density at radius 2 is 1.71 bits per heavy atom. The Morgan fingerprint density at radius 3 is 2.14 bits per heavy atom. The fourth-order valence-corrected chi connectivity index (χ4v) is 1.12. The van der Waals surface area contributed by atoms with Crippen molar-refractivity contribution in [2.75, 3.05) is 39.4 Å². The third-order valence-electron chi connectivity index (χ3n) is 1.76. The van der Waals surface area contributed by atoms with Gasteiger partial charge in [-0.15, -0.1) is 0 Å². The molecule has 0 saturated heterocycles. The number of hydrogen-bond acceptors (Lipinski definition) is 4. The van der Waals surface area contributed by atoms with Gasteiger partial charge in [-0.2, -0.15) is 0 Å². The van der Waals surface area contributed by atoms with Crippen molar-refractivity contribution < 1.29 is 20.1 Å². The number of aliphatic hydroxyl groups is 2. The molecule has 0 unspecified atom stereocenters. The van der Waals surface area contributed by atoms with E-state index in [-0.39, 0.29) is 13.2 Å². The van der Waals surface area contributed by atoms with Crippen molar-refractivity contribution in [3.05, 3.63) is 0 Å². The van der Waals surface area contributed by atoms with Crippen molar-refractivity contribution in [2.24, 2.45) is 0 Å². The van der Waals surface area contributed by atoms with Gasteiger partial charge in [-0.05, 0) is 13.0 Å². The minimum absolute atomic E-state index is 0.0480. The molecule has 14 heavy (non-hydrogen) atoms. The third kappa shape index (κ3) is 7.78. The summed E-state index contributed by atoms with van der Waals surface area (Å²) in [6.07, 6.45) is -0.354. The van der Waals surface area contributed by atoms with Gasteiger partial charge in [-0.1, -0.05) is 0 Å². The third-order valence-corrected chi connectivity index (χ3v) is 1.76. The normalized spacial score (nSPS) is 10.5. The van der Waals surface area contributed by atoms with Gasteiger partial charge >= 0.3 is 6.09 Å². The molecule has 0 aliphatic carbocycles. The first kappa shape index (κ1) is 13.2. The molecule has 0 rings (SSSR count). The highest BCUT2D eigenvalue weighted by molar-refractivity contribution is 5.64. The summed E-state index contributed by atoms with van der Waals surface area (Å²) in [5.74, 6) is 0. The fraction of sp³-hybridized carbons (Fsp3) is 0.875. The molecular formula is C8H18N2O4. The molecule has 6 nitrogen and oxygen atoms in total. The van der Waals surface area contributed by atoms with Crippen LogP contribution in [0.25, 0.3) is 0 Å². The summed E-state index contributed by atoms with van der Waals surface area (Å²) in [6, 6.07) is 0. The lowest BCUT2D eigenvalue weighted by atomic mass is 10.3. The van der Waals surface area contributed by atoms with Crippen LogP contribution < -0.4 is 5.32 Å². The van der Waals surface area contributed by atoms with E-state index >= 15 is 0 Å². The van der Waals surface area contributed by atoms with Gasteiger partial charge in [0, 0.05) is 19.6 Å². The van der Waals surface area contributed by atoms with Gasteiger partial charge in [-0.25, -0.2) is 4.79 Å². The summed E-state index contributed by atoms with van der Waals surface area (Å²) in [5.41, 5.74) is 0. The molecule has 6 heteroatoms. The van der Waals surface area contributed by atoms with Crippen molar-refractivity contribution >= 4 is 6.09 Å². The average molecular weight is 206 g/mol. The number of aliphatic hydroxyl groups excluding tert-OH is 2. The second kappa shape index (κ2) is 8.74. The fourth-order valence-electron chi connectivity index (χ4n) is 1.12. The molecule has 0 aromatic heterocycles. The van der Waals surface area contributed by atoms with Crippen molar-refractivity contribution in [1.29, 1.82) is 0 Å². The van der Waals surface area contributed by atoms with Gasteiger partial charge in [0.05, 0.1) is 13.2 Å². The lowest BCUT2D eigenvalue weighted by Crippen LogP contribution is -2.33. The van der Waals surface area contributed by atoms with Crippen molar-refractivity contribution in [2.45, 2.75) is 6.42 Å². The molecule has 0 fully saturated rings. The average Bonchev–Trinajstić information content (AvgIpc) is 2.12. The lowest BCUT2D eigenvalue weighted by molar-refractivity contribution is 0.158. The number of carbonyl (C=O) groups is 1. The van der Waals surface area contributed by atoms with E-state index in [2.05, 4.69) is 5.32 Å². The molecule has 1 amide bonds. The van der Waals surface area contributed by atoms with Crippen molar-refractivity contribution in [3.8, 4) is 0 Å². The lowest BCUT2D eigenvalue weighted by Gasteiger charge is -2.19. The predicted octanol–water partition coefficient (Wildman–Crippen LogP) is -1.07. The first-order chi connectivity index (χ1) is 6.70. The number of carboxylic acid groups (broad SMARTS) is 1. The number of nitrogens with one attached hydrogen (secondary N) is 1. The minimum atomic E-state index is -1.03. The van der Waals surface area contributed by atoms with Crippen LogP contribution in [0.3, 0.4) is 0 Å². The SMILES string of the molecule is O=C(O)NCCCN(CCO)CCO. The van der Waals surface area contributed by atoms with E-state index in [0.29, 0.717) is 32.6 Å². The van der Waals surface area contributed by atoms with Crippen LogP contribution in [0.5, 0.6) is 0 Å². The maximum atomic E-state index is 10.1. The number of hydrogen-bond donors (Lipinski definition) is 4. The Kier molecular flexibility index (Phi) is 8.20. The van der Waals surface area contributed by atoms with E-state index < -0.39 is 6.09 Å². The Labute approximate surface area is 83.1 Å². The summed E-state index contributed by atoms with van der Waals surface area (Å²) >= 11 is 0. The first-order valence-corrected chi connectivity index (χ1v) is 4.61. The van der Waals surface area contributed by atoms with Crippen LogP contribution in [0.15, 0.2) is 0 Å². The molecule has 0 radical (unpaired) electrons. The highest BCUT2D eigenvalue weighted by Gasteiger charge is 2.02. The molecule has 84 valence electrons. The van der Waals surface area contributed by atoms with Crippen LogP contribution in [0.2, 0.25) is 0 Å². The largest absolute Gasteiger partial charge is 0.465 e. The molecule has 0 bridgehead atoms. The van der Waals surface area contributed by atoms with Gasteiger partial charge in [0.15, 0.2) is 0 Å². The highest BCUT2D eigenvalue weighted by atomic mass is 16.4. The van der Waals surface area contributed by atoms with Gasteiger partial charge in [0.1, 0.15) is 0 Å². The van der Waals surface area contributed by atoms with Crippen LogP contribution in [-0.2, 0) is 0 Å². The topological polar surface area (TPSA) is 93.0 Å². The maximum absolute atomic E-state index is 10.1. The molecule has 0 atom stereocenters. The summed E-state index contributed by atoms with van der Waals surface area (Å²) in [5, 5.41) is 27.9. The molecule has 0 saturated carbocycles. The van der Waals surface area contributed by atoms with E-state index in [1.807, 2.05) is 4.90 Å². The smallest absolute Gasteiger partial charge is 0.404 e. The Morgan fingerprint density at radius 1 is 1.14 bits per heavy atom. The number of amides is 1. The monoisotopic (exact) mass is 206 g/mol. The van der Waals surface area contributed by atoms with Crippen LogP contribution in [0.1, 0.15) is 6.42 Å². The first-order valence-electron chi connectivity index (χ1n) is 4.61. The van der Waals surface area contributed by atoms with Crippen LogP contribution in [0.4, 0.5) is 4.79 Å². The van der Waals surface area contributed by atoms with Gasteiger partial charge in [0.2, 0.25) is 0 Å². The second-order valence-electron chi connectivity index (χ2n) is 2.87. The van der Waals surface area contributed by atoms with E-state index in [9.17, 15) is 4.79 Å². The zero-order valence-electron chi connectivity index (χ0n) is 8.15. The summed E-state index contributed by atoms with van der Waals surface area (Å²) in [6.45, 7) is 2.17. The molecule has 4 N–H and O–H groups in total. The van der Waals surface area contributed by atoms with Gasteiger partial charge < -0.3 is 20.6 Å². The van der Waals surface area contributed by atoms with E-state index in [1.54, 1.807) is 0 Å². The minimum Gasteiger partial charge on any atom is -0.465 e. The molecule has 0 spiro atoms. The zero-order chi connectivity index (χ0) is 10.8. The summed E-state index contributed by atoms with van der Waals surface area (Å²) in [4.78, 5) is 12.0. The summed E-state index contributed by atoms with van der Waals surface area (Å²) in [7, 11) is 0. The van der Waals surface area contributed by atoms with Crippen LogP contribution in [-0.4, -0.2) is 65.7 Å². The van der Waals surface area contributed by atoms with Gasteiger partial charge in [-0.3, -0.25) is 4.90 Å². The maximum Gasteiger partial charge on any atom is 0.404 e. The predicted molar refractivity (Wildman–Crippen MR) is 51.3 cm³/mol. The molecule has 0 heterocycles. The quantitative estimate of drug-likeness (QED) is 0.379. The Bertz CT molecular complexity index is 148. The van der Waals surface area contributed by atoms with Crippen molar-refractivity contribution in [1.82, 2.24) is 10.2 Å². The second-order valence-corrected chi connectivity index (χ2v) is 2.87. The van der Waals surface area contributed by atoms with Crippen molar-refractivity contribution in [3.63, 3.8) is 0 Å². The number of rotatable bonds is 8. The Balaban J connectivity index is 3.44. The molecular weight excluding hydrogens is 188 g/mol. The van der Waals surface area contributed by atoms with Gasteiger partial charge in [0.25, 0.3) is 0 Å². The molecule has 0 aromatic rings.